The number of carbonyl (C=O) groups is 4. The molecule has 10 heteroatoms. The topological polar surface area (TPSA) is 105 Å². The van der Waals surface area contributed by atoms with Crippen molar-refractivity contribution < 1.29 is 38.1 Å². The van der Waals surface area contributed by atoms with Gasteiger partial charge >= 0.3 is 23.9 Å². The second-order valence-electron chi connectivity index (χ2n) is 5.65. The van der Waals surface area contributed by atoms with Crippen molar-refractivity contribution in [3.8, 4) is 0 Å². The van der Waals surface area contributed by atoms with Crippen molar-refractivity contribution in [2.24, 2.45) is 0 Å². The smallest absolute Gasteiger partial charge is 0.303 e. The Kier molecular flexibility index (Phi) is 9.28. The van der Waals surface area contributed by atoms with E-state index in [0.717, 1.165) is 11.5 Å². The molecule has 0 aromatic heterocycles. The Balaban J connectivity index is 3.23. The average molecular weight is 408 g/mol. The molecule has 8 nitrogen and oxygen atoms in total. The fourth-order valence-electron chi connectivity index (χ4n) is 2.50. The zero-order valence-corrected chi connectivity index (χ0v) is 17.0. The summed E-state index contributed by atoms with van der Waals surface area (Å²) in [6.07, 6.45) is -4.00. The van der Waals surface area contributed by atoms with Crippen molar-refractivity contribution in [3.05, 3.63) is 0 Å². The zero-order chi connectivity index (χ0) is 19.9. The Morgan fingerprint density at radius 1 is 0.731 bits per heavy atom. The van der Waals surface area contributed by atoms with Crippen molar-refractivity contribution in [2.45, 2.75) is 63.6 Å². The van der Waals surface area contributed by atoms with Gasteiger partial charge in [-0.3, -0.25) is 19.2 Å². The van der Waals surface area contributed by atoms with E-state index in [1.165, 1.54) is 34.6 Å². The molecule has 1 fully saturated rings. The van der Waals surface area contributed by atoms with E-state index in [4.69, 9.17) is 18.9 Å². The number of hydrogen-bond acceptors (Lipinski definition) is 10. The van der Waals surface area contributed by atoms with Crippen LogP contribution < -0.4 is 0 Å². The molecule has 0 amide bonds. The lowest BCUT2D eigenvalue weighted by Gasteiger charge is -2.36. The molecule has 1 saturated heterocycles. The molecule has 148 valence electrons. The lowest BCUT2D eigenvalue weighted by molar-refractivity contribution is -0.195. The Labute approximate surface area is 161 Å². The second-order valence-corrected chi connectivity index (χ2v) is 8.44. The largest absolute Gasteiger partial charge is 0.459 e. The molecular weight excluding hydrogens is 384 g/mol. The summed E-state index contributed by atoms with van der Waals surface area (Å²) in [5.41, 5.74) is 0. The van der Waals surface area contributed by atoms with Crippen LogP contribution in [0.1, 0.15) is 34.6 Å². The quantitative estimate of drug-likeness (QED) is 0.434. The van der Waals surface area contributed by atoms with Crippen molar-refractivity contribution in [3.63, 3.8) is 0 Å². The number of esters is 4. The van der Waals surface area contributed by atoms with E-state index in [1.807, 2.05) is 0 Å². The second kappa shape index (κ2) is 10.7. The van der Waals surface area contributed by atoms with E-state index >= 15 is 0 Å². The van der Waals surface area contributed by atoms with Gasteiger partial charge in [0.1, 0.15) is 6.10 Å². The van der Waals surface area contributed by atoms with Gasteiger partial charge in [0.25, 0.3) is 0 Å². The Bertz CT molecular complexity index is 532. The van der Waals surface area contributed by atoms with Gasteiger partial charge < -0.3 is 18.9 Å². The lowest BCUT2D eigenvalue weighted by Crippen LogP contribution is -2.53. The van der Waals surface area contributed by atoms with Gasteiger partial charge in [0, 0.05) is 39.2 Å². The van der Waals surface area contributed by atoms with Crippen molar-refractivity contribution in [2.75, 3.05) is 11.5 Å². The summed E-state index contributed by atoms with van der Waals surface area (Å²) in [4.78, 5) is 46.2. The molecule has 0 N–H and O–H groups in total. The SMILES string of the molecule is CC(=O)O[C@H]([C@H](OC(C)=O)[C@H](C)OC(C)=O)[C@H](OC(C)=O)C1SCCS1. The summed E-state index contributed by atoms with van der Waals surface area (Å²) in [5, 5.41) is 0. The first-order valence-electron chi connectivity index (χ1n) is 8.04. The minimum Gasteiger partial charge on any atom is -0.459 e. The number of ether oxygens (including phenoxy) is 4. The first kappa shape index (κ1) is 22.6. The third-order valence-corrected chi connectivity index (χ3v) is 6.43. The molecule has 0 aromatic rings. The summed E-state index contributed by atoms with van der Waals surface area (Å²) < 4.78 is 21.0. The highest BCUT2D eigenvalue weighted by atomic mass is 32.2. The van der Waals surface area contributed by atoms with Crippen LogP contribution in [0.4, 0.5) is 0 Å². The van der Waals surface area contributed by atoms with Crippen LogP contribution in [0.15, 0.2) is 0 Å². The summed E-state index contributed by atoms with van der Waals surface area (Å²) in [6, 6.07) is 0. The Morgan fingerprint density at radius 2 is 1.15 bits per heavy atom. The molecule has 0 unspecified atom stereocenters. The number of hydrogen-bond donors (Lipinski definition) is 0. The fraction of sp³-hybridized carbons (Fsp3) is 0.750. The highest BCUT2D eigenvalue weighted by Gasteiger charge is 2.46. The standard InChI is InChI=1S/C16H24O8S2/c1-8(21-9(2)17)13(22-10(3)18)14(23-11(4)19)15(24-12(5)20)16-25-6-7-26-16/h8,13-16H,6-7H2,1-5H3/t8-,13+,14+,15-/m0/s1. The van der Waals surface area contributed by atoms with Gasteiger partial charge in [0.2, 0.25) is 0 Å². The van der Waals surface area contributed by atoms with Crippen LogP contribution in [-0.4, -0.2) is 64.4 Å². The van der Waals surface area contributed by atoms with E-state index in [9.17, 15) is 19.2 Å². The zero-order valence-electron chi connectivity index (χ0n) is 15.4. The van der Waals surface area contributed by atoms with E-state index in [0.29, 0.717) is 0 Å². The maximum atomic E-state index is 11.7. The van der Waals surface area contributed by atoms with Crippen LogP contribution in [0, 0.1) is 0 Å². The monoisotopic (exact) mass is 408 g/mol. The van der Waals surface area contributed by atoms with Crippen LogP contribution in [0.5, 0.6) is 0 Å². The van der Waals surface area contributed by atoms with Gasteiger partial charge in [-0.2, -0.15) is 0 Å². The first-order valence-corrected chi connectivity index (χ1v) is 10.1. The molecule has 0 aliphatic carbocycles. The van der Waals surface area contributed by atoms with E-state index in [1.54, 1.807) is 23.5 Å². The normalized spacial score (nSPS) is 19.0. The van der Waals surface area contributed by atoms with Gasteiger partial charge in [-0.05, 0) is 6.92 Å². The predicted molar refractivity (Wildman–Crippen MR) is 96.6 cm³/mol. The Hall–Kier alpha value is -1.42. The summed E-state index contributed by atoms with van der Waals surface area (Å²) in [5.74, 6) is -0.714. The summed E-state index contributed by atoms with van der Waals surface area (Å²) in [7, 11) is 0. The van der Waals surface area contributed by atoms with Crippen molar-refractivity contribution >= 4 is 47.4 Å². The van der Waals surface area contributed by atoms with Gasteiger partial charge in [-0.1, -0.05) is 0 Å². The number of carbonyl (C=O) groups excluding carboxylic acids is 4. The fourth-order valence-corrected chi connectivity index (χ4v) is 5.50. The van der Waals surface area contributed by atoms with Crippen molar-refractivity contribution in [1.29, 1.82) is 0 Å². The molecule has 0 spiro atoms. The highest BCUT2D eigenvalue weighted by Crippen LogP contribution is 2.38. The predicted octanol–water partition coefficient (Wildman–Crippen LogP) is 1.54. The average Bonchev–Trinajstić information content (AvgIpc) is 3.01. The summed E-state index contributed by atoms with van der Waals surface area (Å²) >= 11 is 3.11. The molecule has 0 bridgehead atoms. The van der Waals surface area contributed by atoms with Crippen LogP contribution in [0.2, 0.25) is 0 Å². The molecule has 0 radical (unpaired) electrons. The van der Waals surface area contributed by atoms with Gasteiger partial charge in [-0.15, -0.1) is 23.5 Å². The minimum atomic E-state index is -1.12. The van der Waals surface area contributed by atoms with Gasteiger partial charge in [-0.25, -0.2) is 0 Å². The Morgan fingerprint density at radius 3 is 1.58 bits per heavy atom. The van der Waals surface area contributed by atoms with Crippen molar-refractivity contribution in [1.82, 2.24) is 0 Å². The number of thioether (sulfide) groups is 2. The van der Waals surface area contributed by atoms with Crippen LogP contribution in [-0.2, 0) is 38.1 Å². The lowest BCUT2D eigenvalue weighted by atomic mass is 10.0. The molecule has 1 aliphatic rings. The molecule has 1 rings (SSSR count). The molecular formula is C16H24O8S2. The molecule has 26 heavy (non-hydrogen) atoms. The van der Waals surface area contributed by atoms with Crippen LogP contribution in [0.25, 0.3) is 0 Å². The van der Waals surface area contributed by atoms with Crippen LogP contribution in [0.3, 0.4) is 0 Å². The number of rotatable bonds is 8. The molecule has 0 aromatic carbocycles. The van der Waals surface area contributed by atoms with Crippen LogP contribution >= 0.6 is 23.5 Å². The van der Waals surface area contributed by atoms with E-state index in [2.05, 4.69) is 0 Å². The maximum Gasteiger partial charge on any atom is 0.303 e. The minimum absolute atomic E-state index is 0.203. The highest BCUT2D eigenvalue weighted by molar-refractivity contribution is 8.20. The van der Waals surface area contributed by atoms with Gasteiger partial charge in [0.05, 0.1) is 4.58 Å². The van der Waals surface area contributed by atoms with E-state index < -0.39 is 48.3 Å². The molecule has 4 atom stereocenters. The van der Waals surface area contributed by atoms with E-state index in [-0.39, 0.29) is 4.58 Å². The molecule has 1 aliphatic heterocycles. The third-order valence-electron chi connectivity index (χ3n) is 3.28. The third kappa shape index (κ3) is 7.45. The first-order chi connectivity index (χ1) is 12.1. The molecule has 0 saturated carbocycles. The van der Waals surface area contributed by atoms with Gasteiger partial charge in [0.15, 0.2) is 18.3 Å². The summed E-state index contributed by atoms with van der Waals surface area (Å²) in [6.45, 7) is 6.38. The maximum absolute atomic E-state index is 11.7. The molecule has 1 heterocycles.